The molecule has 0 spiro atoms. The Hall–Kier alpha value is -3.78. The Morgan fingerprint density at radius 2 is 1.54 bits per heavy atom. The van der Waals surface area contributed by atoms with Gasteiger partial charge in [0.1, 0.15) is 6.54 Å². The van der Waals surface area contributed by atoms with Gasteiger partial charge in [-0.05, 0) is 49.2 Å². The van der Waals surface area contributed by atoms with E-state index in [1.54, 1.807) is 35.2 Å². The van der Waals surface area contributed by atoms with Gasteiger partial charge in [-0.1, -0.05) is 49.4 Å². The summed E-state index contributed by atoms with van der Waals surface area (Å²) >= 11 is 0. The van der Waals surface area contributed by atoms with Gasteiger partial charge in [0.05, 0.1) is 16.0 Å². The smallest absolute Gasteiger partial charge is 0.275 e. The highest BCUT2D eigenvalue weighted by Crippen LogP contribution is 2.26. The van der Waals surface area contributed by atoms with Gasteiger partial charge in [0, 0.05) is 29.4 Å². The zero-order valence-corrected chi connectivity index (χ0v) is 20.7. The SMILES string of the molecule is CCc1ccc(N(CC)C(=O)Cn2nc(-c3ccc(S(C)(=O)=O)cc3)c3ccccc3c2=O)cc1. The second-order valence-corrected chi connectivity index (χ2v) is 10.3. The van der Waals surface area contributed by atoms with Crippen molar-refractivity contribution in [1.82, 2.24) is 9.78 Å². The highest BCUT2D eigenvalue weighted by molar-refractivity contribution is 7.90. The number of carbonyl (C=O) groups is 1. The maximum absolute atomic E-state index is 13.2. The predicted molar refractivity (Wildman–Crippen MR) is 138 cm³/mol. The molecule has 35 heavy (non-hydrogen) atoms. The number of likely N-dealkylation sites (N-methyl/N-ethyl adjacent to an activating group) is 1. The van der Waals surface area contributed by atoms with Crippen molar-refractivity contribution in [2.24, 2.45) is 0 Å². The van der Waals surface area contributed by atoms with Gasteiger partial charge in [-0.25, -0.2) is 13.1 Å². The van der Waals surface area contributed by atoms with E-state index >= 15 is 0 Å². The van der Waals surface area contributed by atoms with E-state index in [1.807, 2.05) is 37.3 Å². The molecule has 4 rings (SSSR count). The van der Waals surface area contributed by atoms with Gasteiger partial charge in [0.15, 0.2) is 9.84 Å². The van der Waals surface area contributed by atoms with E-state index in [1.165, 1.54) is 22.4 Å². The fraction of sp³-hybridized carbons (Fsp3) is 0.222. The van der Waals surface area contributed by atoms with Gasteiger partial charge in [-0.3, -0.25) is 9.59 Å². The Balaban J connectivity index is 1.76. The van der Waals surface area contributed by atoms with Crippen molar-refractivity contribution in [3.05, 3.63) is 88.7 Å². The third kappa shape index (κ3) is 5.02. The predicted octanol–water partition coefficient (Wildman–Crippen LogP) is 4.08. The van der Waals surface area contributed by atoms with E-state index in [0.717, 1.165) is 18.4 Å². The Labute approximate surface area is 204 Å². The summed E-state index contributed by atoms with van der Waals surface area (Å²) < 4.78 is 24.9. The van der Waals surface area contributed by atoms with Crippen LogP contribution in [-0.2, 0) is 27.6 Å². The second-order valence-electron chi connectivity index (χ2n) is 8.31. The van der Waals surface area contributed by atoms with E-state index < -0.39 is 9.84 Å². The lowest BCUT2D eigenvalue weighted by Gasteiger charge is -2.22. The maximum Gasteiger partial charge on any atom is 0.275 e. The number of benzene rings is 3. The molecule has 1 aromatic heterocycles. The van der Waals surface area contributed by atoms with Crippen LogP contribution in [0.4, 0.5) is 5.69 Å². The van der Waals surface area contributed by atoms with Gasteiger partial charge in [-0.15, -0.1) is 0 Å². The minimum Gasteiger partial charge on any atom is -0.311 e. The van der Waals surface area contributed by atoms with Crippen LogP contribution in [0.2, 0.25) is 0 Å². The number of sulfone groups is 1. The summed E-state index contributed by atoms with van der Waals surface area (Å²) in [7, 11) is -3.34. The van der Waals surface area contributed by atoms with Crippen molar-refractivity contribution < 1.29 is 13.2 Å². The standard InChI is InChI=1S/C27H27N3O4S/c1-4-19-10-14-21(15-11-19)29(5-2)25(31)18-30-27(32)24-9-7-6-8-23(24)26(28-30)20-12-16-22(17-13-20)35(3,33)34/h6-17H,4-5,18H2,1-3H3. The number of aromatic nitrogens is 2. The zero-order valence-electron chi connectivity index (χ0n) is 19.9. The number of amides is 1. The molecule has 1 amide bonds. The molecule has 180 valence electrons. The molecule has 0 bridgehead atoms. The lowest BCUT2D eigenvalue weighted by atomic mass is 10.1. The number of fused-ring (bicyclic) bond motifs is 1. The van der Waals surface area contributed by atoms with Crippen LogP contribution in [0, 0.1) is 0 Å². The van der Waals surface area contributed by atoms with Crippen LogP contribution in [0.5, 0.6) is 0 Å². The summed E-state index contributed by atoms with van der Waals surface area (Å²) in [5, 5.41) is 5.62. The summed E-state index contributed by atoms with van der Waals surface area (Å²) in [4.78, 5) is 28.3. The molecule has 0 saturated carbocycles. The first kappa shape index (κ1) is 24.3. The van der Waals surface area contributed by atoms with Crippen LogP contribution >= 0.6 is 0 Å². The number of anilines is 1. The third-order valence-corrected chi connectivity index (χ3v) is 7.11. The van der Waals surface area contributed by atoms with Crippen LogP contribution in [0.3, 0.4) is 0 Å². The van der Waals surface area contributed by atoms with Gasteiger partial charge >= 0.3 is 0 Å². The quantitative estimate of drug-likeness (QED) is 0.390. The summed E-state index contributed by atoms with van der Waals surface area (Å²) in [6.45, 7) is 4.19. The Morgan fingerprint density at radius 3 is 2.11 bits per heavy atom. The number of rotatable bonds is 7. The highest BCUT2D eigenvalue weighted by Gasteiger charge is 2.19. The van der Waals surface area contributed by atoms with Gasteiger partial charge in [-0.2, -0.15) is 5.10 Å². The summed E-state index contributed by atoms with van der Waals surface area (Å²) in [6.07, 6.45) is 2.06. The van der Waals surface area contributed by atoms with E-state index in [2.05, 4.69) is 12.0 Å². The molecule has 0 aliphatic rings. The molecule has 0 atom stereocenters. The maximum atomic E-state index is 13.2. The molecular weight excluding hydrogens is 462 g/mol. The fourth-order valence-corrected chi connectivity index (χ4v) is 4.67. The Morgan fingerprint density at radius 1 is 0.914 bits per heavy atom. The summed E-state index contributed by atoms with van der Waals surface area (Å²) in [5.41, 5.74) is 2.74. The van der Waals surface area contributed by atoms with Crippen molar-refractivity contribution >= 4 is 32.2 Å². The van der Waals surface area contributed by atoms with Crippen molar-refractivity contribution in [1.29, 1.82) is 0 Å². The van der Waals surface area contributed by atoms with Crippen LogP contribution in [-0.4, -0.2) is 36.9 Å². The molecule has 0 N–H and O–H groups in total. The molecule has 0 aliphatic heterocycles. The molecule has 8 heteroatoms. The normalized spacial score (nSPS) is 11.5. The van der Waals surface area contributed by atoms with Crippen LogP contribution in [0.15, 0.2) is 82.5 Å². The van der Waals surface area contributed by atoms with Gasteiger partial charge in [0.25, 0.3) is 5.56 Å². The number of hydrogen-bond acceptors (Lipinski definition) is 5. The van der Waals surface area contributed by atoms with E-state index in [4.69, 9.17) is 0 Å². The first-order valence-electron chi connectivity index (χ1n) is 11.4. The molecule has 0 saturated heterocycles. The fourth-order valence-electron chi connectivity index (χ4n) is 4.04. The molecule has 4 aromatic rings. The highest BCUT2D eigenvalue weighted by atomic mass is 32.2. The lowest BCUT2D eigenvalue weighted by molar-refractivity contribution is -0.119. The Bertz CT molecular complexity index is 1540. The zero-order chi connectivity index (χ0) is 25.2. The van der Waals surface area contributed by atoms with E-state index in [-0.39, 0.29) is 22.9 Å². The van der Waals surface area contributed by atoms with Crippen molar-refractivity contribution in [3.8, 4) is 11.3 Å². The third-order valence-electron chi connectivity index (χ3n) is 5.98. The van der Waals surface area contributed by atoms with Crippen molar-refractivity contribution in [2.75, 3.05) is 17.7 Å². The molecular formula is C27H27N3O4S. The number of carbonyl (C=O) groups excluding carboxylic acids is 1. The number of nitrogens with zero attached hydrogens (tertiary/aromatic N) is 3. The molecule has 0 radical (unpaired) electrons. The van der Waals surface area contributed by atoms with Crippen molar-refractivity contribution in [3.63, 3.8) is 0 Å². The molecule has 3 aromatic carbocycles. The average molecular weight is 490 g/mol. The van der Waals surface area contributed by atoms with E-state index in [9.17, 15) is 18.0 Å². The first-order valence-corrected chi connectivity index (χ1v) is 13.3. The van der Waals surface area contributed by atoms with Crippen LogP contribution < -0.4 is 10.5 Å². The van der Waals surface area contributed by atoms with Gasteiger partial charge < -0.3 is 4.90 Å². The topological polar surface area (TPSA) is 89.3 Å². The van der Waals surface area contributed by atoms with E-state index in [0.29, 0.717) is 28.6 Å². The monoisotopic (exact) mass is 489 g/mol. The van der Waals surface area contributed by atoms with Crippen LogP contribution in [0.1, 0.15) is 19.4 Å². The lowest BCUT2D eigenvalue weighted by Crippen LogP contribution is -2.37. The first-order chi connectivity index (χ1) is 16.7. The van der Waals surface area contributed by atoms with Crippen molar-refractivity contribution in [2.45, 2.75) is 31.7 Å². The average Bonchev–Trinajstić information content (AvgIpc) is 2.86. The number of hydrogen-bond donors (Lipinski definition) is 0. The molecule has 1 heterocycles. The summed E-state index contributed by atoms with van der Waals surface area (Å²) in [6, 6.07) is 21.2. The minimum atomic E-state index is -3.34. The van der Waals surface area contributed by atoms with Crippen LogP contribution in [0.25, 0.3) is 22.0 Å². The molecule has 7 nitrogen and oxygen atoms in total. The van der Waals surface area contributed by atoms with Gasteiger partial charge in [0.2, 0.25) is 5.91 Å². The molecule has 0 aliphatic carbocycles. The molecule has 0 unspecified atom stereocenters. The summed E-state index contributed by atoms with van der Waals surface area (Å²) in [5.74, 6) is -0.250. The largest absolute Gasteiger partial charge is 0.311 e. The molecule has 0 fully saturated rings. The minimum absolute atomic E-state index is 0.196. The Kier molecular flexibility index (Phi) is 6.84. The second kappa shape index (κ2) is 9.84. The number of aryl methyl sites for hydroxylation is 1.